The number of carbonyl (C=O) groups excluding carboxylic acids is 1. The van der Waals surface area contributed by atoms with Crippen LogP contribution in [-0.4, -0.2) is 43.2 Å². The quantitative estimate of drug-likeness (QED) is 0.827. The molecule has 1 aromatic heterocycles. The lowest BCUT2D eigenvalue weighted by Crippen LogP contribution is -2.48. The molecule has 18 heavy (non-hydrogen) atoms. The molecule has 5 heteroatoms. The maximum absolute atomic E-state index is 12.5. The van der Waals surface area contributed by atoms with Crippen molar-refractivity contribution in [3.05, 3.63) is 15.8 Å². The smallest absolute Gasteiger partial charge is 0.267 e. The Kier molecular flexibility index (Phi) is 3.92. The van der Waals surface area contributed by atoms with Gasteiger partial charge in [0.05, 0.1) is 19.3 Å². The van der Waals surface area contributed by atoms with Gasteiger partial charge in [-0.2, -0.15) is 0 Å². The van der Waals surface area contributed by atoms with Crippen molar-refractivity contribution in [2.24, 2.45) is 0 Å². The van der Waals surface area contributed by atoms with Gasteiger partial charge in [-0.25, -0.2) is 0 Å². The summed E-state index contributed by atoms with van der Waals surface area (Å²) in [5, 5.41) is 0. The molecular formula is C13H19NO3S. The Hall–Kier alpha value is -1.07. The molecule has 0 saturated carbocycles. The topological polar surface area (TPSA) is 38.8 Å². The van der Waals surface area contributed by atoms with Gasteiger partial charge in [0.15, 0.2) is 0 Å². The van der Waals surface area contributed by atoms with Crippen LogP contribution in [0.5, 0.6) is 5.75 Å². The molecule has 100 valence electrons. The van der Waals surface area contributed by atoms with Gasteiger partial charge in [0.1, 0.15) is 10.6 Å². The third-order valence-electron chi connectivity index (χ3n) is 2.94. The number of ether oxygens (including phenoxy) is 2. The van der Waals surface area contributed by atoms with E-state index in [1.54, 1.807) is 7.11 Å². The molecule has 0 spiro atoms. The molecule has 4 nitrogen and oxygen atoms in total. The van der Waals surface area contributed by atoms with Gasteiger partial charge in [0.25, 0.3) is 5.91 Å². The lowest BCUT2D eigenvalue weighted by atomic mass is 10.2. The predicted octanol–water partition coefficient (Wildman–Crippen LogP) is 2.31. The first-order valence-electron chi connectivity index (χ1n) is 6.10. The second kappa shape index (κ2) is 5.28. The Balaban J connectivity index is 2.19. The highest BCUT2D eigenvalue weighted by Crippen LogP contribution is 2.30. The van der Waals surface area contributed by atoms with Crippen LogP contribution in [-0.2, 0) is 4.74 Å². The molecule has 1 saturated heterocycles. The van der Waals surface area contributed by atoms with E-state index < -0.39 is 0 Å². The Morgan fingerprint density at radius 2 is 2.06 bits per heavy atom. The second-order valence-electron chi connectivity index (χ2n) is 4.72. The number of hydrogen-bond donors (Lipinski definition) is 0. The minimum atomic E-state index is 0.0481. The SMILES string of the molecule is COc1cc(C)sc1C(=O)N1CC(C)OC(C)C1. The number of aryl methyl sites for hydroxylation is 1. The summed E-state index contributed by atoms with van der Waals surface area (Å²) in [7, 11) is 1.60. The molecule has 0 bridgehead atoms. The van der Waals surface area contributed by atoms with Crippen molar-refractivity contribution in [3.8, 4) is 5.75 Å². The average molecular weight is 269 g/mol. The van der Waals surface area contributed by atoms with Crippen LogP contribution in [0.25, 0.3) is 0 Å². The first-order valence-corrected chi connectivity index (χ1v) is 6.92. The molecule has 2 rings (SSSR count). The number of carbonyl (C=O) groups is 1. The van der Waals surface area contributed by atoms with Gasteiger partial charge in [-0.3, -0.25) is 4.79 Å². The molecule has 1 fully saturated rings. The summed E-state index contributed by atoms with van der Waals surface area (Å²) in [6.45, 7) is 7.25. The summed E-state index contributed by atoms with van der Waals surface area (Å²) in [4.78, 5) is 16.1. The number of nitrogens with zero attached hydrogens (tertiary/aromatic N) is 1. The van der Waals surface area contributed by atoms with E-state index >= 15 is 0 Å². The van der Waals surface area contributed by atoms with E-state index in [2.05, 4.69) is 0 Å². The molecule has 2 unspecified atom stereocenters. The van der Waals surface area contributed by atoms with Crippen molar-refractivity contribution >= 4 is 17.2 Å². The van der Waals surface area contributed by atoms with E-state index in [1.807, 2.05) is 31.7 Å². The van der Waals surface area contributed by atoms with Gasteiger partial charge in [0.2, 0.25) is 0 Å². The van der Waals surface area contributed by atoms with Gasteiger partial charge in [-0.05, 0) is 26.8 Å². The molecule has 1 aliphatic heterocycles. The molecule has 2 atom stereocenters. The average Bonchev–Trinajstić information content (AvgIpc) is 2.68. The van der Waals surface area contributed by atoms with E-state index in [0.717, 1.165) is 4.88 Å². The first-order chi connectivity index (χ1) is 8.51. The molecule has 0 aliphatic carbocycles. The zero-order valence-electron chi connectivity index (χ0n) is 11.2. The van der Waals surface area contributed by atoms with Crippen LogP contribution in [0.3, 0.4) is 0 Å². The van der Waals surface area contributed by atoms with Crippen LogP contribution < -0.4 is 4.74 Å². The van der Waals surface area contributed by atoms with Crippen molar-refractivity contribution < 1.29 is 14.3 Å². The van der Waals surface area contributed by atoms with E-state index in [0.29, 0.717) is 23.7 Å². The largest absolute Gasteiger partial charge is 0.495 e. The van der Waals surface area contributed by atoms with Crippen molar-refractivity contribution in [3.63, 3.8) is 0 Å². The van der Waals surface area contributed by atoms with E-state index in [4.69, 9.17) is 9.47 Å². The van der Waals surface area contributed by atoms with Crippen molar-refractivity contribution in [2.45, 2.75) is 33.0 Å². The van der Waals surface area contributed by atoms with Gasteiger partial charge in [-0.1, -0.05) is 0 Å². The number of amides is 1. The van der Waals surface area contributed by atoms with Crippen LogP contribution in [0.15, 0.2) is 6.07 Å². The second-order valence-corrected chi connectivity index (χ2v) is 5.98. The molecule has 2 heterocycles. The molecule has 1 aromatic rings. The van der Waals surface area contributed by atoms with Crippen LogP contribution in [0.2, 0.25) is 0 Å². The lowest BCUT2D eigenvalue weighted by molar-refractivity contribution is -0.0585. The number of thiophene rings is 1. The van der Waals surface area contributed by atoms with Crippen LogP contribution in [0.4, 0.5) is 0 Å². The molecule has 1 amide bonds. The number of morpholine rings is 1. The molecule has 0 N–H and O–H groups in total. The zero-order valence-corrected chi connectivity index (χ0v) is 12.0. The van der Waals surface area contributed by atoms with Crippen LogP contribution >= 0.6 is 11.3 Å². The van der Waals surface area contributed by atoms with Crippen LogP contribution in [0, 0.1) is 6.92 Å². The molecular weight excluding hydrogens is 250 g/mol. The normalized spacial score (nSPS) is 24.1. The molecule has 0 radical (unpaired) electrons. The van der Waals surface area contributed by atoms with Gasteiger partial charge in [0, 0.05) is 18.0 Å². The monoisotopic (exact) mass is 269 g/mol. The van der Waals surface area contributed by atoms with E-state index in [9.17, 15) is 4.79 Å². The summed E-state index contributed by atoms with van der Waals surface area (Å²) in [6, 6.07) is 1.91. The summed E-state index contributed by atoms with van der Waals surface area (Å²) < 4.78 is 10.9. The number of methoxy groups -OCH3 is 1. The Morgan fingerprint density at radius 1 is 1.44 bits per heavy atom. The Morgan fingerprint density at radius 3 is 2.61 bits per heavy atom. The number of rotatable bonds is 2. The molecule has 0 aromatic carbocycles. The fourth-order valence-electron chi connectivity index (χ4n) is 2.28. The Bertz CT molecular complexity index is 433. The highest BCUT2D eigenvalue weighted by atomic mass is 32.1. The molecule has 1 aliphatic rings. The summed E-state index contributed by atoms with van der Waals surface area (Å²) >= 11 is 1.49. The van der Waals surface area contributed by atoms with Gasteiger partial charge < -0.3 is 14.4 Å². The first kappa shape index (κ1) is 13.4. The van der Waals surface area contributed by atoms with Crippen molar-refractivity contribution in [1.29, 1.82) is 0 Å². The summed E-state index contributed by atoms with van der Waals surface area (Å²) in [6.07, 6.45) is 0.175. The maximum Gasteiger partial charge on any atom is 0.267 e. The minimum absolute atomic E-state index is 0.0481. The zero-order chi connectivity index (χ0) is 13.3. The van der Waals surface area contributed by atoms with Gasteiger partial charge >= 0.3 is 0 Å². The fourth-order valence-corrected chi connectivity index (χ4v) is 3.23. The Labute approximate surface area is 111 Å². The number of hydrogen-bond acceptors (Lipinski definition) is 4. The third kappa shape index (κ3) is 2.67. The summed E-state index contributed by atoms with van der Waals surface area (Å²) in [5.41, 5.74) is 0. The van der Waals surface area contributed by atoms with Crippen molar-refractivity contribution in [2.75, 3.05) is 20.2 Å². The maximum atomic E-state index is 12.5. The van der Waals surface area contributed by atoms with Gasteiger partial charge in [-0.15, -0.1) is 11.3 Å². The minimum Gasteiger partial charge on any atom is -0.495 e. The lowest BCUT2D eigenvalue weighted by Gasteiger charge is -2.35. The van der Waals surface area contributed by atoms with E-state index in [1.165, 1.54) is 11.3 Å². The highest BCUT2D eigenvalue weighted by Gasteiger charge is 2.29. The fraction of sp³-hybridized carbons (Fsp3) is 0.615. The van der Waals surface area contributed by atoms with Crippen LogP contribution in [0.1, 0.15) is 28.4 Å². The van der Waals surface area contributed by atoms with E-state index in [-0.39, 0.29) is 18.1 Å². The summed E-state index contributed by atoms with van der Waals surface area (Å²) in [5.74, 6) is 0.723. The standard InChI is InChI=1S/C13H19NO3S/c1-8-6-14(7-9(2)17-8)13(15)12-11(16-4)5-10(3)18-12/h5,8-9H,6-7H2,1-4H3. The highest BCUT2D eigenvalue weighted by molar-refractivity contribution is 7.14. The van der Waals surface area contributed by atoms with Crippen molar-refractivity contribution in [1.82, 2.24) is 4.90 Å². The third-order valence-corrected chi connectivity index (χ3v) is 3.96. The predicted molar refractivity (Wildman–Crippen MR) is 71.5 cm³/mol.